The van der Waals surface area contributed by atoms with Crippen LogP contribution in [-0.4, -0.2) is 21.2 Å². The Bertz CT molecular complexity index is 1440. The van der Waals surface area contributed by atoms with Gasteiger partial charge in [-0.1, -0.05) is 48.8 Å². The van der Waals surface area contributed by atoms with Crippen molar-refractivity contribution in [1.29, 1.82) is 0 Å². The van der Waals surface area contributed by atoms with Gasteiger partial charge in [0, 0.05) is 15.6 Å². The number of carbonyl (C=O) groups is 1. The molecular formula is C26H26ClN3O2S2. The van der Waals surface area contributed by atoms with Gasteiger partial charge in [0.15, 0.2) is 5.16 Å². The van der Waals surface area contributed by atoms with Gasteiger partial charge in [0.05, 0.1) is 16.8 Å². The Morgan fingerprint density at radius 3 is 2.65 bits per heavy atom. The lowest BCUT2D eigenvalue weighted by atomic mass is 10.1. The van der Waals surface area contributed by atoms with E-state index in [9.17, 15) is 9.59 Å². The third-order valence-corrected chi connectivity index (χ3v) is 8.12. The Kier molecular flexibility index (Phi) is 7.45. The van der Waals surface area contributed by atoms with Gasteiger partial charge in [-0.3, -0.25) is 14.2 Å². The van der Waals surface area contributed by atoms with Crippen LogP contribution in [0.15, 0.2) is 52.4 Å². The zero-order chi connectivity index (χ0) is 24.4. The van der Waals surface area contributed by atoms with E-state index in [4.69, 9.17) is 16.6 Å². The fourth-order valence-corrected chi connectivity index (χ4v) is 6.08. The highest BCUT2D eigenvalue weighted by Crippen LogP contribution is 2.31. The van der Waals surface area contributed by atoms with Crippen molar-refractivity contribution in [3.8, 4) is 5.69 Å². The van der Waals surface area contributed by atoms with E-state index in [1.807, 2.05) is 39.0 Å². The second kappa shape index (κ2) is 10.3. The van der Waals surface area contributed by atoms with Gasteiger partial charge in [0.1, 0.15) is 4.83 Å². The Morgan fingerprint density at radius 1 is 1.15 bits per heavy atom. The summed E-state index contributed by atoms with van der Waals surface area (Å²) in [6, 6.07) is 13.0. The molecule has 0 radical (unpaired) electrons. The summed E-state index contributed by atoms with van der Waals surface area (Å²) in [7, 11) is 0. The Labute approximate surface area is 212 Å². The highest BCUT2D eigenvalue weighted by Gasteiger charge is 2.20. The highest BCUT2D eigenvalue weighted by atomic mass is 35.5. The van der Waals surface area contributed by atoms with Crippen LogP contribution in [0.1, 0.15) is 34.9 Å². The topological polar surface area (TPSA) is 64.0 Å². The number of aromatic nitrogens is 2. The van der Waals surface area contributed by atoms with E-state index >= 15 is 0 Å². The first-order valence-corrected chi connectivity index (χ1v) is 13.3. The van der Waals surface area contributed by atoms with Gasteiger partial charge >= 0.3 is 0 Å². The third-order valence-electron chi connectivity index (χ3n) is 5.70. The maximum atomic E-state index is 13.8. The largest absolute Gasteiger partial charge is 0.325 e. The maximum Gasteiger partial charge on any atom is 0.267 e. The van der Waals surface area contributed by atoms with E-state index < -0.39 is 0 Å². The van der Waals surface area contributed by atoms with Crippen molar-refractivity contribution in [2.24, 2.45) is 0 Å². The van der Waals surface area contributed by atoms with Gasteiger partial charge < -0.3 is 5.32 Å². The number of carbonyl (C=O) groups excluding carboxylic acids is 1. The van der Waals surface area contributed by atoms with Crippen molar-refractivity contribution in [3.63, 3.8) is 0 Å². The van der Waals surface area contributed by atoms with Crippen LogP contribution in [-0.2, 0) is 11.2 Å². The SMILES string of the molecule is CCCc1sc2nc(SCC(=O)Nc3cccc(Cl)c3)n(-c3ccc(C)c(C)c3)c(=O)c2c1C. The molecule has 2 aromatic heterocycles. The molecule has 176 valence electrons. The maximum absolute atomic E-state index is 13.8. The van der Waals surface area contributed by atoms with Gasteiger partial charge in [0.2, 0.25) is 5.91 Å². The van der Waals surface area contributed by atoms with Crippen LogP contribution in [0.5, 0.6) is 0 Å². The van der Waals surface area contributed by atoms with Crippen molar-refractivity contribution in [2.75, 3.05) is 11.1 Å². The van der Waals surface area contributed by atoms with E-state index in [1.54, 1.807) is 40.2 Å². The van der Waals surface area contributed by atoms with Crippen LogP contribution in [0, 0.1) is 20.8 Å². The molecule has 8 heteroatoms. The number of aryl methyl sites for hydroxylation is 4. The third kappa shape index (κ3) is 5.06. The minimum Gasteiger partial charge on any atom is -0.325 e. The number of thioether (sulfide) groups is 1. The fraction of sp³-hybridized carbons (Fsp3) is 0.269. The number of hydrogen-bond acceptors (Lipinski definition) is 5. The van der Waals surface area contributed by atoms with Gasteiger partial charge in [0.25, 0.3) is 5.56 Å². The molecule has 0 spiro atoms. The molecule has 5 nitrogen and oxygen atoms in total. The number of benzene rings is 2. The number of amides is 1. The Morgan fingerprint density at radius 2 is 1.94 bits per heavy atom. The van der Waals surface area contributed by atoms with E-state index in [0.29, 0.717) is 21.3 Å². The summed E-state index contributed by atoms with van der Waals surface area (Å²) < 4.78 is 1.64. The molecule has 1 amide bonds. The zero-order valence-corrected chi connectivity index (χ0v) is 22.0. The molecule has 0 saturated heterocycles. The Hall–Kier alpha value is -2.61. The smallest absolute Gasteiger partial charge is 0.267 e. The first kappa shape index (κ1) is 24.5. The van der Waals surface area contributed by atoms with Crippen molar-refractivity contribution in [3.05, 3.63) is 79.4 Å². The lowest BCUT2D eigenvalue weighted by molar-refractivity contribution is -0.113. The molecule has 4 rings (SSSR count). The van der Waals surface area contributed by atoms with Crippen LogP contribution in [0.2, 0.25) is 5.02 Å². The van der Waals surface area contributed by atoms with Crippen molar-refractivity contribution in [2.45, 2.75) is 45.7 Å². The quantitative estimate of drug-likeness (QED) is 0.221. The van der Waals surface area contributed by atoms with E-state index in [0.717, 1.165) is 40.0 Å². The van der Waals surface area contributed by atoms with Crippen LogP contribution >= 0.6 is 34.7 Å². The first-order valence-electron chi connectivity index (χ1n) is 11.1. The molecule has 0 unspecified atom stereocenters. The number of nitrogens with zero attached hydrogens (tertiary/aromatic N) is 2. The molecule has 0 atom stereocenters. The summed E-state index contributed by atoms with van der Waals surface area (Å²) in [6.45, 7) is 8.20. The number of halogens is 1. The predicted molar refractivity (Wildman–Crippen MR) is 144 cm³/mol. The number of nitrogens with one attached hydrogen (secondary N) is 1. The summed E-state index contributed by atoms with van der Waals surface area (Å²) in [4.78, 5) is 33.2. The summed E-state index contributed by atoms with van der Waals surface area (Å²) in [5.41, 5.74) is 4.54. The number of anilines is 1. The molecule has 4 aromatic rings. The summed E-state index contributed by atoms with van der Waals surface area (Å²) >= 11 is 8.85. The van der Waals surface area contributed by atoms with Crippen molar-refractivity contribution < 1.29 is 4.79 Å². The molecule has 0 aliphatic rings. The molecule has 34 heavy (non-hydrogen) atoms. The van der Waals surface area contributed by atoms with Gasteiger partial charge in [-0.15, -0.1) is 11.3 Å². The fourth-order valence-electron chi connectivity index (χ4n) is 3.76. The van der Waals surface area contributed by atoms with Crippen LogP contribution in [0.3, 0.4) is 0 Å². The first-order chi connectivity index (χ1) is 16.3. The molecule has 0 saturated carbocycles. The molecule has 0 bridgehead atoms. The minimum absolute atomic E-state index is 0.0953. The average Bonchev–Trinajstić information content (AvgIpc) is 3.10. The monoisotopic (exact) mass is 511 g/mol. The normalized spacial score (nSPS) is 11.2. The number of fused-ring (bicyclic) bond motifs is 1. The van der Waals surface area contributed by atoms with E-state index in [-0.39, 0.29) is 17.2 Å². The Balaban J connectivity index is 1.75. The van der Waals surface area contributed by atoms with Crippen molar-refractivity contribution in [1.82, 2.24) is 9.55 Å². The lowest BCUT2D eigenvalue weighted by Gasteiger charge is -2.14. The number of rotatable bonds is 7. The molecule has 0 aliphatic heterocycles. The standard InChI is InChI=1S/C26H26ClN3O2S2/c1-5-7-21-17(4)23-24(34-21)29-26(30(25(23)32)20-11-10-15(2)16(3)12-20)33-14-22(31)28-19-9-6-8-18(27)13-19/h6,8-13H,5,7,14H2,1-4H3,(H,28,31). The van der Waals surface area contributed by atoms with E-state index in [1.165, 1.54) is 16.6 Å². The predicted octanol–water partition coefficient (Wildman–Crippen LogP) is 6.71. The second-order valence-electron chi connectivity index (χ2n) is 8.23. The molecule has 2 aromatic carbocycles. The zero-order valence-electron chi connectivity index (χ0n) is 19.6. The average molecular weight is 512 g/mol. The summed E-state index contributed by atoms with van der Waals surface area (Å²) in [5.74, 6) is -0.0798. The van der Waals surface area contributed by atoms with Gasteiger partial charge in [-0.05, 0) is 74.2 Å². The molecule has 2 heterocycles. The molecular weight excluding hydrogens is 486 g/mol. The van der Waals surface area contributed by atoms with Crippen LogP contribution in [0.4, 0.5) is 5.69 Å². The van der Waals surface area contributed by atoms with Crippen LogP contribution < -0.4 is 10.9 Å². The summed E-state index contributed by atoms with van der Waals surface area (Å²) in [6.07, 6.45) is 1.92. The second-order valence-corrected chi connectivity index (χ2v) is 10.7. The molecule has 1 N–H and O–H groups in total. The van der Waals surface area contributed by atoms with E-state index in [2.05, 4.69) is 12.2 Å². The molecule has 0 fully saturated rings. The lowest BCUT2D eigenvalue weighted by Crippen LogP contribution is -2.23. The van der Waals surface area contributed by atoms with Crippen LogP contribution in [0.25, 0.3) is 15.9 Å². The van der Waals surface area contributed by atoms with Crippen molar-refractivity contribution >= 4 is 56.5 Å². The highest BCUT2D eigenvalue weighted by molar-refractivity contribution is 7.99. The molecule has 0 aliphatic carbocycles. The van der Waals surface area contributed by atoms with Gasteiger partial charge in [-0.25, -0.2) is 4.98 Å². The number of thiophene rings is 1. The number of hydrogen-bond donors (Lipinski definition) is 1. The minimum atomic E-state index is -0.192. The summed E-state index contributed by atoms with van der Waals surface area (Å²) in [5, 5.41) is 4.58. The van der Waals surface area contributed by atoms with Gasteiger partial charge in [-0.2, -0.15) is 0 Å².